The molecule has 2 aromatic rings. The van der Waals surface area contributed by atoms with E-state index >= 15 is 0 Å². The number of phenols is 1. The molecule has 4 heteroatoms. The lowest BCUT2D eigenvalue weighted by molar-refractivity contribution is -0.133. The Bertz CT molecular complexity index is 644. The second kappa shape index (κ2) is 7.11. The summed E-state index contributed by atoms with van der Waals surface area (Å²) in [5, 5.41) is 27.4. The Morgan fingerprint density at radius 1 is 1.15 bits per heavy atom. The number of hydrogen-bond donors (Lipinski definition) is 3. The van der Waals surface area contributed by atoms with Gasteiger partial charge in [-0.25, -0.2) is 4.79 Å². The van der Waals surface area contributed by atoms with E-state index in [-0.39, 0.29) is 5.57 Å². The van der Waals surface area contributed by atoms with E-state index in [1.165, 1.54) is 0 Å². The van der Waals surface area contributed by atoms with Crippen LogP contribution in [0.3, 0.4) is 0 Å². The Morgan fingerprint density at radius 2 is 1.75 bits per heavy atom. The molecule has 0 fully saturated rings. The predicted molar refractivity (Wildman–Crippen MR) is 79.6 cm³/mol. The normalized spacial score (nSPS) is 9.45. The van der Waals surface area contributed by atoms with Gasteiger partial charge < -0.3 is 15.3 Å². The van der Waals surface area contributed by atoms with Crippen molar-refractivity contribution in [2.75, 3.05) is 6.61 Å². The molecule has 0 bridgehead atoms. The van der Waals surface area contributed by atoms with Crippen molar-refractivity contribution >= 4 is 22.8 Å². The van der Waals surface area contributed by atoms with Gasteiger partial charge in [-0.15, -0.1) is 0 Å². The molecular formula is C16H16O4. The van der Waals surface area contributed by atoms with Gasteiger partial charge in [-0.3, -0.25) is 0 Å². The zero-order valence-electron chi connectivity index (χ0n) is 10.9. The van der Waals surface area contributed by atoms with Gasteiger partial charge in [0.15, 0.2) is 0 Å². The number of rotatable bonds is 3. The van der Waals surface area contributed by atoms with Gasteiger partial charge in [0.2, 0.25) is 0 Å². The zero-order valence-corrected chi connectivity index (χ0v) is 10.9. The molecular weight excluding hydrogens is 256 g/mol. The standard InChI is InChI=1S/C12H10O.C4H6O3/c1-2-9-3-4-11-8-12(13)6-5-10(11)7-9;1-3(2-5)4(6)7/h2-8,13H,1H2;5H,1-2H2,(H,6,7). The van der Waals surface area contributed by atoms with Crippen LogP contribution in [0.25, 0.3) is 16.8 Å². The summed E-state index contributed by atoms with van der Waals surface area (Å²) in [6, 6.07) is 11.3. The number of fused-ring (bicyclic) bond motifs is 1. The first kappa shape index (κ1) is 15.5. The van der Waals surface area contributed by atoms with Gasteiger partial charge in [-0.05, 0) is 34.5 Å². The molecule has 2 rings (SSSR count). The maximum atomic E-state index is 9.67. The fraction of sp³-hybridized carbons (Fsp3) is 0.0625. The number of aliphatic hydroxyl groups excluding tert-OH is 1. The van der Waals surface area contributed by atoms with Crippen molar-refractivity contribution in [2.45, 2.75) is 0 Å². The lowest BCUT2D eigenvalue weighted by Crippen LogP contribution is -2.01. The van der Waals surface area contributed by atoms with Crippen molar-refractivity contribution in [1.29, 1.82) is 0 Å². The number of aliphatic carboxylic acids is 1. The van der Waals surface area contributed by atoms with Crippen molar-refractivity contribution < 1.29 is 20.1 Å². The van der Waals surface area contributed by atoms with E-state index in [0.29, 0.717) is 5.75 Å². The summed E-state index contributed by atoms with van der Waals surface area (Å²) in [6.07, 6.45) is 1.81. The fourth-order valence-corrected chi connectivity index (χ4v) is 1.45. The molecule has 2 aromatic carbocycles. The molecule has 0 aliphatic carbocycles. The van der Waals surface area contributed by atoms with Gasteiger partial charge in [0.05, 0.1) is 12.2 Å². The molecule has 0 unspecified atom stereocenters. The average molecular weight is 272 g/mol. The lowest BCUT2D eigenvalue weighted by Gasteiger charge is -1.99. The van der Waals surface area contributed by atoms with Gasteiger partial charge in [0, 0.05) is 0 Å². The van der Waals surface area contributed by atoms with Gasteiger partial charge in [-0.1, -0.05) is 37.4 Å². The van der Waals surface area contributed by atoms with Crippen molar-refractivity contribution in [1.82, 2.24) is 0 Å². The minimum absolute atomic E-state index is 0.181. The molecule has 0 heterocycles. The topological polar surface area (TPSA) is 77.8 Å². The summed E-state index contributed by atoms with van der Waals surface area (Å²) in [5.41, 5.74) is 0.915. The van der Waals surface area contributed by atoms with E-state index in [4.69, 9.17) is 10.2 Å². The predicted octanol–water partition coefficient (Wildman–Crippen LogP) is 2.81. The summed E-state index contributed by atoms with van der Waals surface area (Å²) in [4.78, 5) is 9.67. The second-order valence-corrected chi connectivity index (χ2v) is 4.06. The highest BCUT2D eigenvalue weighted by Crippen LogP contribution is 2.21. The van der Waals surface area contributed by atoms with Crippen LogP contribution in [0.4, 0.5) is 0 Å². The van der Waals surface area contributed by atoms with Gasteiger partial charge in [0.1, 0.15) is 5.75 Å². The molecule has 0 saturated carbocycles. The Balaban J connectivity index is 0.000000246. The monoisotopic (exact) mass is 272 g/mol. The first-order chi connectivity index (χ1) is 9.47. The molecule has 0 saturated heterocycles. The first-order valence-electron chi connectivity index (χ1n) is 5.85. The van der Waals surface area contributed by atoms with Crippen LogP contribution in [-0.2, 0) is 4.79 Å². The maximum absolute atomic E-state index is 9.67. The Hall–Kier alpha value is -2.59. The summed E-state index contributed by atoms with van der Waals surface area (Å²) in [7, 11) is 0. The van der Waals surface area contributed by atoms with Crippen LogP contribution >= 0.6 is 0 Å². The number of aromatic hydroxyl groups is 1. The quantitative estimate of drug-likeness (QED) is 0.751. The second-order valence-electron chi connectivity index (χ2n) is 4.06. The third-order valence-electron chi connectivity index (χ3n) is 2.58. The van der Waals surface area contributed by atoms with E-state index in [1.807, 2.05) is 30.3 Å². The Morgan fingerprint density at radius 3 is 2.25 bits per heavy atom. The molecule has 0 aliphatic rings. The van der Waals surface area contributed by atoms with Crippen molar-refractivity contribution in [3.63, 3.8) is 0 Å². The highest BCUT2D eigenvalue weighted by molar-refractivity contribution is 5.86. The largest absolute Gasteiger partial charge is 0.508 e. The smallest absolute Gasteiger partial charge is 0.333 e. The van der Waals surface area contributed by atoms with Crippen molar-refractivity contribution in [2.24, 2.45) is 0 Å². The fourth-order valence-electron chi connectivity index (χ4n) is 1.45. The van der Waals surface area contributed by atoms with Crippen LogP contribution in [0.2, 0.25) is 0 Å². The number of aliphatic hydroxyl groups is 1. The maximum Gasteiger partial charge on any atom is 0.333 e. The lowest BCUT2D eigenvalue weighted by atomic mass is 10.1. The first-order valence-corrected chi connectivity index (χ1v) is 5.85. The van der Waals surface area contributed by atoms with Crippen LogP contribution in [-0.4, -0.2) is 27.9 Å². The highest BCUT2D eigenvalue weighted by Gasteiger charge is 1.98. The number of phenolic OH excluding ortho intramolecular Hbond substituents is 1. The van der Waals surface area contributed by atoms with E-state index in [0.717, 1.165) is 16.3 Å². The summed E-state index contributed by atoms with van der Waals surface area (Å²) in [6.45, 7) is 6.25. The van der Waals surface area contributed by atoms with E-state index in [2.05, 4.69) is 13.2 Å². The third kappa shape index (κ3) is 4.26. The molecule has 4 nitrogen and oxygen atoms in total. The number of carboxylic acids is 1. The summed E-state index contributed by atoms with van der Waals surface area (Å²) >= 11 is 0. The molecule has 0 aromatic heterocycles. The SMILES string of the molecule is C=C(CO)C(=O)O.C=Cc1ccc2cc(O)ccc2c1. The molecule has 0 spiro atoms. The molecule has 0 radical (unpaired) electrons. The Labute approximate surface area is 116 Å². The molecule has 104 valence electrons. The van der Waals surface area contributed by atoms with Gasteiger partial charge in [0.25, 0.3) is 0 Å². The molecule has 3 N–H and O–H groups in total. The van der Waals surface area contributed by atoms with Crippen molar-refractivity contribution in [3.05, 3.63) is 60.7 Å². The van der Waals surface area contributed by atoms with E-state index in [1.54, 1.807) is 12.1 Å². The van der Waals surface area contributed by atoms with Crippen LogP contribution in [0.15, 0.2) is 55.1 Å². The van der Waals surface area contributed by atoms with Crippen LogP contribution in [0.5, 0.6) is 5.75 Å². The van der Waals surface area contributed by atoms with Gasteiger partial charge >= 0.3 is 5.97 Å². The molecule has 0 atom stereocenters. The van der Waals surface area contributed by atoms with E-state index < -0.39 is 12.6 Å². The number of hydrogen-bond acceptors (Lipinski definition) is 3. The minimum Gasteiger partial charge on any atom is -0.508 e. The molecule has 0 amide bonds. The average Bonchev–Trinajstić information content (AvgIpc) is 2.46. The summed E-state index contributed by atoms with van der Waals surface area (Å²) < 4.78 is 0. The summed E-state index contributed by atoms with van der Waals surface area (Å²) in [5.74, 6) is -0.846. The third-order valence-corrected chi connectivity index (χ3v) is 2.58. The van der Waals surface area contributed by atoms with Gasteiger partial charge in [-0.2, -0.15) is 0 Å². The Kier molecular flexibility index (Phi) is 5.50. The van der Waals surface area contributed by atoms with Crippen molar-refractivity contribution in [3.8, 4) is 5.75 Å². The number of carbonyl (C=O) groups is 1. The zero-order chi connectivity index (χ0) is 15.1. The van der Waals surface area contributed by atoms with Crippen LogP contribution < -0.4 is 0 Å². The van der Waals surface area contributed by atoms with E-state index in [9.17, 15) is 9.90 Å². The number of benzene rings is 2. The highest BCUT2D eigenvalue weighted by atomic mass is 16.4. The molecule has 20 heavy (non-hydrogen) atoms. The van der Waals surface area contributed by atoms with Crippen LogP contribution in [0.1, 0.15) is 5.56 Å². The minimum atomic E-state index is -1.15. The van der Waals surface area contributed by atoms with Crippen LogP contribution in [0, 0.1) is 0 Å². The number of carboxylic acid groups (broad SMARTS) is 1. The molecule has 0 aliphatic heterocycles.